The lowest BCUT2D eigenvalue weighted by Crippen LogP contribution is -2.52. The highest BCUT2D eigenvalue weighted by Gasteiger charge is 2.49. The highest BCUT2D eigenvalue weighted by Crippen LogP contribution is 2.43. The SMILES string of the molecule is CN1C2CCC1CC(N)(c1noc(C(F)(F)F)n1)C2. The molecule has 3 rings (SSSR count). The Balaban J connectivity index is 1.88. The van der Waals surface area contributed by atoms with E-state index in [0.717, 1.165) is 12.8 Å². The van der Waals surface area contributed by atoms with Gasteiger partial charge in [0.05, 0.1) is 5.54 Å². The van der Waals surface area contributed by atoms with E-state index < -0.39 is 17.6 Å². The molecule has 3 heterocycles. The number of fused-ring (bicyclic) bond motifs is 2. The predicted octanol–water partition coefficient (Wildman–Crippen LogP) is 1.50. The molecular formula is C11H15F3N4O. The second-order valence-electron chi connectivity index (χ2n) is 5.54. The van der Waals surface area contributed by atoms with Crippen LogP contribution in [0.1, 0.15) is 37.4 Å². The number of nitrogens with two attached hydrogens (primary N) is 1. The molecule has 0 radical (unpaired) electrons. The third kappa shape index (κ3) is 2.02. The van der Waals surface area contributed by atoms with Crippen molar-refractivity contribution in [3.63, 3.8) is 0 Å². The van der Waals surface area contributed by atoms with Crippen molar-refractivity contribution in [1.82, 2.24) is 15.0 Å². The van der Waals surface area contributed by atoms with Crippen molar-refractivity contribution >= 4 is 0 Å². The first-order valence-corrected chi connectivity index (χ1v) is 6.22. The van der Waals surface area contributed by atoms with Crippen molar-refractivity contribution in [3.8, 4) is 0 Å². The molecule has 19 heavy (non-hydrogen) atoms. The number of alkyl halides is 3. The number of hydrogen-bond acceptors (Lipinski definition) is 5. The zero-order valence-electron chi connectivity index (χ0n) is 10.4. The largest absolute Gasteiger partial charge is 0.471 e. The molecule has 2 fully saturated rings. The van der Waals surface area contributed by atoms with Crippen LogP contribution in [0.25, 0.3) is 0 Å². The highest BCUT2D eigenvalue weighted by atomic mass is 19.4. The smallest absolute Gasteiger partial charge is 0.329 e. The van der Waals surface area contributed by atoms with Crippen LogP contribution < -0.4 is 5.73 Å². The van der Waals surface area contributed by atoms with Crippen molar-refractivity contribution < 1.29 is 17.7 Å². The van der Waals surface area contributed by atoms with Crippen LogP contribution in [0.15, 0.2) is 4.52 Å². The summed E-state index contributed by atoms with van der Waals surface area (Å²) >= 11 is 0. The molecule has 2 saturated heterocycles. The number of halogens is 3. The Morgan fingerprint density at radius 2 is 1.89 bits per heavy atom. The average molecular weight is 276 g/mol. The topological polar surface area (TPSA) is 68.2 Å². The molecule has 2 N–H and O–H groups in total. The van der Waals surface area contributed by atoms with E-state index in [-0.39, 0.29) is 17.9 Å². The molecule has 0 spiro atoms. The molecule has 0 aliphatic carbocycles. The third-order valence-electron chi connectivity index (χ3n) is 4.30. The average Bonchev–Trinajstić information content (AvgIpc) is 2.86. The van der Waals surface area contributed by atoms with Gasteiger partial charge in [-0.2, -0.15) is 18.2 Å². The Morgan fingerprint density at radius 3 is 2.37 bits per heavy atom. The van der Waals surface area contributed by atoms with Crippen LogP contribution in [-0.4, -0.2) is 34.2 Å². The Bertz CT molecular complexity index is 473. The lowest BCUT2D eigenvalue weighted by molar-refractivity contribution is -0.159. The van der Waals surface area contributed by atoms with Gasteiger partial charge >= 0.3 is 12.1 Å². The zero-order chi connectivity index (χ0) is 13.8. The van der Waals surface area contributed by atoms with Crippen LogP contribution in [0.3, 0.4) is 0 Å². The van der Waals surface area contributed by atoms with Gasteiger partial charge in [0, 0.05) is 12.1 Å². The van der Waals surface area contributed by atoms with Crippen LogP contribution in [0, 0.1) is 0 Å². The molecule has 0 saturated carbocycles. The van der Waals surface area contributed by atoms with E-state index in [9.17, 15) is 13.2 Å². The minimum atomic E-state index is -4.62. The number of piperidine rings is 1. The summed E-state index contributed by atoms with van der Waals surface area (Å²) in [5.74, 6) is -1.34. The standard InChI is InChI=1S/C11H15F3N4O/c1-18-6-2-3-7(18)5-10(15,4-6)8-16-9(19-17-8)11(12,13)14/h6-7H,2-5,15H2,1H3. The molecule has 2 aliphatic heterocycles. The fraction of sp³-hybridized carbons (Fsp3) is 0.818. The maximum atomic E-state index is 12.5. The Morgan fingerprint density at radius 1 is 1.32 bits per heavy atom. The first-order chi connectivity index (χ1) is 8.79. The van der Waals surface area contributed by atoms with Gasteiger partial charge in [0.15, 0.2) is 5.82 Å². The molecule has 2 aliphatic rings. The zero-order valence-corrected chi connectivity index (χ0v) is 10.4. The Labute approximate surface area is 107 Å². The van der Waals surface area contributed by atoms with Crippen molar-refractivity contribution in [3.05, 3.63) is 11.7 Å². The lowest BCUT2D eigenvalue weighted by atomic mass is 9.83. The Hall–Kier alpha value is -1.15. The highest BCUT2D eigenvalue weighted by molar-refractivity contribution is 5.12. The molecular weight excluding hydrogens is 261 g/mol. The van der Waals surface area contributed by atoms with Gasteiger partial charge in [-0.05, 0) is 32.7 Å². The summed E-state index contributed by atoms with van der Waals surface area (Å²) in [5, 5.41) is 3.45. The predicted molar refractivity (Wildman–Crippen MR) is 59.0 cm³/mol. The summed E-state index contributed by atoms with van der Waals surface area (Å²) in [6, 6.07) is 0.577. The van der Waals surface area contributed by atoms with E-state index in [1.165, 1.54) is 0 Å². The van der Waals surface area contributed by atoms with Crippen LogP contribution in [0.2, 0.25) is 0 Å². The van der Waals surface area contributed by atoms with Gasteiger partial charge in [-0.3, -0.25) is 0 Å². The van der Waals surface area contributed by atoms with Crippen molar-refractivity contribution in [2.45, 2.75) is 49.5 Å². The maximum Gasteiger partial charge on any atom is 0.471 e. The quantitative estimate of drug-likeness (QED) is 0.842. The first kappa shape index (κ1) is 12.9. The molecule has 2 atom stereocenters. The van der Waals surface area contributed by atoms with Crippen molar-refractivity contribution in [1.29, 1.82) is 0 Å². The monoisotopic (exact) mass is 276 g/mol. The van der Waals surface area contributed by atoms with E-state index in [1.54, 1.807) is 0 Å². The van der Waals surface area contributed by atoms with Crippen molar-refractivity contribution in [2.24, 2.45) is 5.73 Å². The summed E-state index contributed by atoms with van der Waals surface area (Å²) in [6.45, 7) is 0. The van der Waals surface area contributed by atoms with E-state index in [0.29, 0.717) is 12.8 Å². The lowest BCUT2D eigenvalue weighted by Gasteiger charge is -2.41. The molecule has 106 valence electrons. The van der Waals surface area contributed by atoms with Gasteiger partial charge in [-0.1, -0.05) is 5.16 Å². The number of aromatic nitrogens is 2. The minimum absolute atomic E-state index is 0.0233. The van der Waals surface area contributed by atoms with Crippen LogP contribution in [0.5, 0.6) is 0 Å². The van der Waals surface area contributed by atoms with E-state index >= 15 is 0 Å². The summed E-state index contributed by atoms with van der Waals surface area (Å²) in [4.78, 5) is 5.70. The summed E-state index contributed by atoms with van der Waals surface area (Å²) in [6.07, 6.45) is -1.45. The first-order valence-electron chi connectivity index (χ1n) is 6.22. The van der Waals surface area contributed by atoms with E-state index in [1.807, 2.05) is 7.05 Å². The van der Waals surface area contributed by atoms with Crippen LogP contribution in [0.4, 0.5) is 13.2 Å². The van der Waals surface area contributed by atoms with Gasteiger partial charge in [0.1, 0.15) is 0 Å². The van der Waals surface area contributed by atoms with E-state index in [4.69, 9.17) is 5.73 Å². The molecule has 0 aromatic carbocycles. The molecule has 2 bridgehead atoms. The normalized spacial score (nSPS) is 35.8. The fourth-order valence-corrected chi connectivity index (χ4v) is 3.23. The third-order valence-corrected chi connectivity index (χ3v) is 4.30. The molecule has 5 nitrogen and oxygen atoms in total. The second kappa shape index (κ2) is 3.92. The maximum absolute atomic E-state index is 12.5. The summed E-state index contributed by atoms with van der Waals surface area (Å²) < 4.78 is 41.7. The van der Waals surface area contributed by atoms with Gasteiger partial charge < -0.3 is 15.2 Å². The second-order valence-corrected chi connectivity index (χ2v) is 5.54. The van der Waals surface area contributed by atoms with Crippen LogP contribution >= 0.6 is 0 Å². The number of nitrogens with zero attached hydrogens (tertiary/aromatic N) is 3. The van der Waals surface area contributed by atoms with Gasteiger partial charge in [-0.25, -0.2) is 0 Å². The fourth-order valence-electron chi connectivity index (χ4n) is 3.23. The van der Waals surface area contributed by atoms with Gasteiger partial charge in [0.2, 0.25) is 0 Å². The Kier molecular flexibility index (Phi) is 2.66. The molecule has 2 unspecified atom stereocenters. The van der Waals surface area contributed by atoms with Crippen molar-refractivity contribution in [2.75, 3.05) is 7.05 Å². The molecule has 1 aromatic heterocycles. The molecule has 0 amide bonds. The number of rotatable bonds is 1. The minimum Gasteiger partial charge on any atom is -0.329 e. The number of hydrogen-bond donors (Lipinski definition) is 1. The summed E-state index contributed by atoms with van der Waals surface area (Å²) in [7, 11) is 2.03. The summed E-state index contributed by atoms with van der Waals surface area (Å²) in [5.41, 5.74) is 5.33. The molecule has 8 heteroatoms. The van der Waals surface area contributed by atoms with Gasteiger partial charge in [0.25, 0.3) is 0 Å². The van der Waals surface area contributed by atoms with Gasteiger partial charge in [-0.15, -0.1) is 0 Å². The van der Waals surface area contributed by atoms with Crippen LogP contribution in [-0.2, 0) is 11.7 Å². The molecule has 1 aromatic rings. The van der Waals surface area contributed by atoms with E-state index in [2.05, 4.69) is 19.6 Å².